The average molecular weight is 206 g/mol. The number of fused-ring (bicyclic) bond motifs is 1. The van der Waals surface area contributed by atoms with Gasteiger partial charge in [-0.2, -0.15) is 0 Å². The van der Waals surface area contributed by atoms with E-state index in [-0.39, 0.29) is 0 Å². The van der Waals surface area contributed by atoms with Crippen LogP contribution in [0.25, 0.3) is 11.0 Å². The van der Waals surface area contributed by atoms with Gasteiger partial charge < -0.3 is 19.9 Å². The largest absolute Gasteiger partial charge is 0.488 e. The Labute approximate surface area is 86.8 Å². The van der Waals surface area contributed by atoms with Gasteiger partial charge in [0.25, 0.3) is 0 Å². The first-order valence-corrected chi connectivity index (χ1v) is 4.71. The number of anilines is 1. The van der Waals surface area contributed by atoms with E-state index >= 15 is 0 Å². The van der Waals surface area contributed by atoms with E-state index in [1.54, 1.807) is 18.2 Å². The minimum Gasteiger partial charge on any atom is -0.423 e. The summed E-state index contributed by atoms with van der Waals surface area (Å²) in [5, 5.41) is 25.7. The fraction of sp³-hybridized carbons (Fsp3) is 0.222. The topological polar surface area (TPSA) is 78.5 Å². The predicted octanol–water partition coefficient (Wildman–Crippen LogP) is -0.0606. The van der Waals surface area contributed by atoms with E-state index in [9.17, 15) is 0 Å². The van der Waals surface area contributed by atoms with Crippen LogP contribution in [0.5, 0.6) is 0 Å². The van der Waals surface area contributed by atoms with Crippen molar-refractivity contribution in [3.05, 3.63) is 18.2 Å². The summed E-state index contributed by atoms with van der Waals surface area (Å²) in [6, 6.07) is 4.90. The number of nitrogens with one attached hydrogen (secondary N) is 1. The van der Waals surface area contributed by atoms with Gasteiger partial charge in [-0.15, -0.1) is 0 Å². The van der Waals surface area contributed by atoms with E-state index in [4.69, 9.17) is 14.6 Å². The average Bonchev–Trinajstić information content (AvgIpc) is 2.61. The molecule has 0 spiro atoms. The maximum atomic E-state index is 9.03. The lowest BCUT2D eigenvalue weighted by atomic mass is 9.80. The third-order valence-electron chi connectivity index (χ3n) is 2.14. The molecule has 1 aromatic carbocycles. The van der Waals surface area contributed by atoms with Crippen molar-refractivity contribution >= 4 is 29.4 Å². The molecule has 0 unspecified atom stereocenters. The first-order valence-electron chi connectivity index (χ1n) is 4.71. The Morgan fingerprint density at radius 3 is 2.93 bits per heavy atom. The molecule has 15 heavy (non-hydrogen) atoms. The van der Waals surface area contributed by atoms with Crippen molar-refractivity contribution in [1.82, 2.24) is 5.16 Å². The number of hydrogen-bond acceptors (Lipinski definition) is 5. The van der Waals surface area contributed by atoms with Crippen LogP contribution >= 0.6 is 0 Å². The molecule has 1 aromatic heterocycles. The molecule has 0 bridgehead atoms. The molecular formula is C9H11BN2O3. The van der Waals surface area contributed by atoms with Crippen LogP contribution in [0.3, 0.4) is 0 Å². The molecule has 0 aliphatic carbocycles. The van der Waals surface area contributed by atoms with Crippen LogP contribution < -0.4 is 10.8 Å². The standard InChI is InChI=1S/C9H11BN2O3/c1-2-11-9-7-5-6(10(13)14)3-4-8(7)15-12-9/h3-5,13-14H,2H2,1H3,(H,11,12). The molecule has 0 atom stereocenters. The Hall–Kier alpha value is -1.53. The van der Waals surface area contributed by atoms with E-state index in [0.29, 0.717) is 16.9 Å². The fourth-order valence-electron chi connectivity index (χ4n) is 1.41. The maximum Gasteiger partial charge on any atom is 0.488 e. The van der Waals surface area contributed by atoms with Crippen molar-refractivity contribution < 1.29 is 14.6 Å². The summed E-state index contributed by atoms with van der Waals surface area (Å²) in [7, 11) is -1.47. The molecule has 3 N–H and O–H groups in total. The lowest BCUT2D eigenvalue weighted by Crippen LogP contribution is -2.29. The van der Waals surface area contributed by atoms with Crippen LogP contribution in [0.1, 0.15) is 6.92 Å². The molecular weight excluding hydrogens is 195 g/mol. The van der Waals surface area contributed by atoms with E-state index in [2.05, 4.69) is 10.5 Å². The van der Waals surface area contributed by atoms with Crippen LogP contribution in [-0.4, -0.2) is 28.9 Å². The Bertz CT molecular complexity index is 469. The van der Waals surface area contributed by atoms with Gasteiger partial charge in [-0.1, -0.05) is 11.2 Å². The summed E-state index contributed by atoms with van der Waals surface area (Å²) in [6.07, 6.45) is 0. The van der Waals surface area contributed by atoms with Crippen molar-refractivity contribution in [3.8, 4) is 0 Å². The molecule has 78 valence electrons. The SMILES string of the molecule is CCNc1noc2ccc(B(O)O)cc12. The molecule has 0 amide bonds. The highest BCUT2D eigenvalue weighted by molar-refractivity contribution is 6.58. The molecule has 0 saturated carbocycles. The van der Waals surface area contributed by atoms with Gasteiger partial charge in [0, 0.05) is 6.54 Å². The zero-order valence-electron chi connectivity index (χ0n) is 8.27. The zero-order valence-corrected chi connectivity index (χ0v) is 8.27. The van der Waals surface area contributed by atoms with Crippen molar-refractivity contribution in [1.29, 1.82) is 0 Å². The second kappa shape index (κ2) is 3.92. The summed E-state index contributed by atoms with van der Waals surface area (Å²) in [5.74, 6) is 0.620. The highest BCUT2D eigenvalue weighted by Crippen LogP contribution is 2.20. The third kappa shape index (κ3) is 1.81. The third-order valence-corrected chi connectivity index (χ3v) is 2.14. The van der Waals surface area contributed by atoms with Gasteiger partial charge >= 0.3 is 7.12 Å². The van der Waals surface area contributed by atoms with Crippen LogP contribution in [0, 0.1) is 0 Å². The summed E-state index contributed by atoms with van der Waals surface area (Å²) < 4.78 is 5.06. The van der Waals surface area contributed by atoms with Crippen molar-refractivity contribution in [2.24, 2.45) is 0 Å². The van der Waals surface area contributed by atoms with Crippen LogP contribution in [0.15, 0.2) is 22.7 Å². The molecule has 0 saturated heterocycles. The van der Waals surface area contributed by atoms with Gasteiger partial charge in [0.2, 0.25) is 0 Å². The van der Waals surface area contributed by atoms with E-state index < -0.39 is 7.12 Å². The minimum atomic E-state index is -1.47. The molecule has 0 radical (unpaired) electrons. The number of hydrogen-bond donors (Lipinski definition) is 3. The van der Waals surface area contributed by atoms with Gasteiger partial charge in [0.05, 0.1) is 5.39 Å². The zero-order chi connectivity index (χ0) is 10.8. The first kappa shape index (κ1) is 10.0. The van der Waals surface area contributed by atoms with Crippen molar-refractivity contribution in [3.63, 3.8) is 0 Å². The lowest BCUT2D eigenvalue weighted by Gasteiger charge is -1.99. The Morgan fingerprint density at radius 2 is 2.27 bits per heavy atom. The number of rotatable bonds is 3. The Balaban J connectivity index is 2.51. The molecule has 0 fully saturated rings. The van der Waals surface area contributed by atoms with Gasteiger partial charge in [-0.3, -0.25) is 0 Å². The minimum absolute atomic E-state index is 0.421. The van der Waals surface area contributed by atoms with Crippen LogP contribution in [0.2, 0.25) is 0 Å². The Morgan fingerprint density at radius 1 is 1.47 bits per heavy atom. The summed E-state index contributed by atoms with van der Waals surface area (Å²) in [4.78, 5) is 0. The summed E-state index contributed by atoms with van der Waals surface area (Å²) in [5.41, 5.74) is 1.04. The van der Waals surface area contributed by atoms with Gasteiger partial charge in [0.1, 0.15) is 0 Å². The second-order valence-electron chi connectivity index (χ2n) is 3.19. The smallest absolute Gasteiger partial charge is 0.423 e. The van der Waals surface area contributed by atoms with E-state index in [1.165, 1.54) is 0 Å². The first-order chi connectivity index (χ1) is 7.22. The number of benzene rings is 1. The lowest BCUT2D eigenvalue weighted by molar-refractivity contribution is 0.426. The highest BCUT2D eigenvalue weighted by Gasteiger charge is 2.14. The number of aromatic nitrogens is 1. The molecule has 2 aromatic rings. The maximum absolute atomic E-state index is 9.03. The second-order valence-corrected chi connectivity index (χ2v) is 3.19. The van der Waals surface area contributed by atoms with Crippen molar-refractivity contribution in [2.75, 3.05) is 11.9 Å². The van der Waals surface area contributed by atoms with Gasteiger partial charge in [-0.25, -0.2) is 0 Å². The van der Waals surface area contributed by atoms with Gasteiger partial charge in [0.15, 0.2) is 11.4 Å². The summed E-state index contributed by atoms with van der Waals surface area (Å²) >= 11 is 0. The molecule has 5 nitrogen and oxygen atoms in total. The summed E-state index contributed by atoms with van der Waals surface area (Å²) in [6.45, 7) is 2.68. The van der Waals surface area contributed by atoms with Gasteiger partial charge in [-0.05, 0) is 24.5 Å². The molecule has 0 aliphatic rings. The normalized spacial score (nSPS) is 10.6. The number of nitrogens with zero attached hydrogens (tertiary/aromatic N) is 1. The molecule has 1 heterocycles. The highest BCUT2D eigenvalue weighted by atomic mass is 16.5. The van der Waals surface area contributed by atoms with Crippen molar-refractivity contribution in [2.45, 2.75) is 6.92 Å². The van der Waals surface area contributed by atoms with Crippen LogP contribution in [-0.2, 0) is 0 Å². The van der Waals surface area contributed by atoms with E-state index in [1.807, 2.05) is 6.92 Å². The Kier molecular flexibility index (Phi) is 2.61. The quantitative estimate of drug-likeness (QED) is 0.613. The monoisotopic (exact) mass is 206 g/mol. The molecule has 0 aliphatic heterocycles. The molecule has 6 heteroatoms. The van der Waals surface area contributed by atoms with E-state index in [0.717, 1.165) is 11.9 Å². The molecule has 2 rings (SSSR count). The predicted molar refractivity (Wildman–Crippen MR) is 58.0 cm³/mol. The fourth-order valence-corrected chi connectivity index (χ4v) is 1.41. The van der Waals surface area contributed by atoms with Crippen LogP contribution in [0.4, 0.5) is 5.82 Å².